The number of carbonyl (C=O) groups excluding carboxylic acids is 1. The average Bonchev–Trinajstić information content (AvgIpc) is 2.69. The van der Waals surface area contributed by atoms with Crippen LogP contribution in [0.2, 0.25) is 0 Å². The lowest BCUT2D eigenvalue weighted by Gasteiger charge is -2.07. The zero-order valence-electron chi connectivity index (χ0n) is 7.20. The van der Waals surface area contributed by atoms with E-state index in [1.165, 1.54) is 0 Å². The molecule has 1 rings (SSSR count). The van der Waals surface area contributed by atoms with Crippen molar-refractivity contribution in [1.29, 1.82) is 0 Å². The molecule has 0 radical (unpaired) electrons. The number of halogens is 1. The maximum Gasteiger partial charge on any atom is 0.261 e. The number of nitrogens with one attached hydrogen (secondary N) is 1. The Labute approximate surface area is 85.6 Å². The molecule has 0 saturated heterocycles. The minimum absolute atomic E-state index is 0.0788. The molecule has 2 N–H and O–H groups in total. The first-order valence-corrected chi connectivity index (χ1v) is 4.31. The number of carbonyl (C=O) groups is 1. The maximum atomic E-state index is 10.8. The van der Waals surface area contributed by atoms with Crippen LogP contribution in [0.4, 0.5) is 0 Å². The highest BCUT2D eigenvalue weighted by Gasteiger charge is 2.05. The van der Waals surface area contributed by atoms with Crippen molar-refractivity contribution >= 4 is 17.5 Å². The molecule has 0 aliphatic rings. The first kappa shape index (κ1) is 10.6. The van der Waals surface area contributed by atoms with Crippen LogP contribution in [0.1, 0.15) is 5.69 Å². The molecule has 1 aromatic heterocycles. The van der Waals surface area contributed by atoms with Gasteiger partial charge >= 0.3 is 0 Å². The third-order valence-corrected chi connectivity index (χ3v) is 1.58. The molecule has 1 aromatic rings. The predicted molar refractivity (Wildman–Crippen MR) is 49.7 cm³/mol. The number of hydrogen-bond donors (Lipinski definition) is 2. The van der Waals surface area contributed by atoms with Gasteiger partial charge in [0.25, 0.3) is 5.91 Å². The van der Waals surface area contributed by atoms with Gasteiger partial charge < -0.3 is 0 Å². The molecule has 0 aliphatic heterocycles. The monoisotopic (exact) mass is 213 g/mol. The number of H-pyrrole nitrogens is 1. The SMILES string of the molecule is O=C(CCl)N(O)CC#Cc1ccn[nH]1. The van der Waals surface area contributed by atoms with Crippen LogP contribution in [0.5, 0.6) is 0 Å². The number of amides is 1. The minimum Gasteiger partial charge on any atom is -0.285 e. The first-order chi connectivity index (χ1) is 6.74. The van der Waals surface area contributed by atoms with Crippen molar-refractivity contribution in [3.8, 4) is 11.8 Å². The van der Waals surface area contributed by atoms with Gasteiger partial charge in [-0.15, -0.1) is 11.6 Å². The van der Waals surface area contributed by atoms with Crippen LogP contribution in [-0.2, 0) is 4.79 Å². The lowest BCUT2D eigenvalue weighted by molar-refractivity contribution is -0.159. The van der Waals surface area contributed by atoms with Crippen LogP contribution < -0.4 is 0 Å². The number of nitrogens with zero attached hydrogens (tertiary/aromatic N) is 2. The quantitative estimate of drug-likeness (QED) is 0.320. The van der Waals surface area contributed by atoms with E-state index in [1.54, 1.807) is 12.3 Å². The molecule has 0 unspecified atom stereocenters. The standard InChI is InChI=1S/C8H8ClN3O2/c9-6-8(13)12(14)5-1-2-7-3-4-10-11-7/h3-4,14H,5-6H2,(H,10,11). The summed E-state index contributed by atoms with van der Waals surface area (Å²) in [5.74, 6) is 4.41. The summed E-state index contributed by atoms with van der Waals surface area (Å²) in [6.45, 7) is -0.0788. The molecule has 0 fully saturated rings. The summed E-state index contributed by atoms with van der Waals surface area (Å²) in [5, 5.41) is 15.8. The zero-order valence-corrected chi connectivity index (χ0v) is 7.95. The molecule has 0 aromatic carbocycles. The molecule has 0 spiro atoms. The lowest BCUT2D eigenvalue weighted by Crippen LogP contribution is -2.28. The fourth-order valence-electron chi connectivity index (χ4n) is 0.692. The number of rotatable bonds is 2. The van der Waals surface area contributed by atoms with E-state index >= 15 is 0 Å². The molecule has 0 bridgehead atoms. The minimum atomic E-state index is -0.578. The van der Waals surface area contributed by atoms with Crippen molar-refractivity contribution in [1.82, 2.24) is 15.3 Å². The highest BCUT2D eigenvalue weighted by Crippen LogP contribution is 1.88. The molecule has 0 saturated carbocycles. The van der Waals surface area contributed by atoms with Gasteiger partial charge in [-0.3, -0.25) is 15.1 Å². The average molecular weight is 214 g/mol. The molecule has 14 heavy (non-hydrogen) atoms. The van der Waals surface area contributed by atoms with Crippen LogP contribution in [0, 0.1) is 11.8 Å². The lowest BCUT2D eigenvalue weighted by atomic mass is 10.4. The molecule has 1 amide bonds. The van der Waals surface area contributed by atoms with E-state index in [-0.39, 0.29) is 12.4 Å². The highest BCUT2D eigenvalue weighted by molar-refractivity contribution is 6.27. The second-order valence-corrected chi connectivity index (χ2v) is 2.62. The number of alkyl halides is 1. The number of hydroxylamine groups is 2. The Bertz CT molecular complexity index is 352. The van der Waals surface area contributed by atoms with Gasteiger partial charge in [-0.2, -0.15) is 5.10 Å². The summed E-state index contributed by atoms with van der Waals surface area (Å²) in [7, 11) is 0. The largest absolute Gasteiger partial charge is 0.285 e. The number of hydrogen-bond acceptors (Lipinski definition) is 3. The molecule has 0 aliphatic carbocycles. The third-order valence-electron chi connectivity index (χ3n) is 1.35. The topological polar surface area (TPSA) is 69.2 Å². The normalized spacial score (nSPS) is 9.00. The Morgan fingerprint density at radius 3 is 3.14 bits per heavy atom. The third kappa shape index (κ3) is 3.09. The predicted octanol–water partition coefficient (Wildman–Crippen LogP) is 0.218. The highest BCUT2D eigenvalue weighted by atomic mass is 35.5. The van der Waals surface area contributed by atoms with Gasteiger partial charge in [0, 0.05) is 6.20 Å². The first-order valence-electron chi connectivity index (χ1n) is 3.77. The van der Waals surface area contributed by atoms with Crippen molar-refractivity contribution < 1.29 is 10.0 Å². The molecular formula is C8H8ClN3O2. The van der Waals surface area contributed by atoms with E-state index < -0.39 is 5.91 Å². The van der Waals surface area contributed by atoms with Gasteiger partial charge in [0.15, 0.2) is 0 Å². The second-order valence-electron chi connectivity index (χ2n) is 2.36. The van der Waals surface area contributed by atoms with Crippen LogP contribution in [0.15, 0.2) is 12.3 Å². The van der Waals surface area contributed by atoms with E-state index in [1.807, 2.05) is 0 Å². The van der Waals surface area contributed by atoms with Crippen molar-refractivity contribution in [3.63, 3.8) is 0 Å². The summed E-state index contributed by atoms with van der Waals surface area (Å²) >= 11 is 5.21. The van der Waals surface area contributed by atoms with Gasteiger partial charge in [-0.25, -0.2) is 5.06 Å². The molecular weight excluding hydrogens is 206 g/mol. The van der Waals surface area contributed by atoms with Gasteiger partial charge in [-0.05, 0) is 12.0 Å². The van der Waals surface area contributed by atoms with Crippen molar-refractivity contribution in [2.24, 2.45) is 0 Å². The Morgan fingerprint density at radius 1 is 1.79 bits per heavy atom. The van der Waals surface area contributed by atoms with Crippen LogP contribution in [0.25, 0.3) is 0 Å². The Hall–Kier alpha value is -1.51. The van der Waals surface area contributed by atoms with Gasteiger partial charge in [0.1, 0.15) is 18.1 Å². The molecule has 0 atom stereocenters. The maximum absolute atomic E-state index is 10.8. The van der Waals surface area contributed by atoms with E-state index in [0.29, 0.717) is 10.8 Å². The fraction of sp³-hybridized carbons (Fsp3) is 0.250. The van der Waals surface area contributed by atoms with E-state index in [2.05, 4.69) is 22.0 Å². The summed E-state index contributed by atoms with van der Waals surface area (Å²) in [6, 6.07) is 1.68. The van der Waals surface area contributed by atoms with Crippen LogP contribution >= 0.6 is 11.6 Å². The molecule has 6 heteroatoms. The Kier molecular flexibility index (Phi) is 3.98. The second kappa shape index (κ2) is 5.27. The summed E-state index contributed by atoms with van der Waals surface area (Å²) < 4.78 is 0. The van der Waals surface area contributed by atoms with E-state index in [9.17, 15) is 4.79 Å². The van der Waals surface area contributed by atoms with Crippen molar-refractivity contribution in [2.45, 2.75) is 0 Å². The zero-order chi connectivity index (χ0) is 10.4. The summed E-state index contributed by atoms with van der Waals surface area (Å²) in [6.07, 6.45) is 1.56. The van der Waals surface area contributed by atoms with Gasteiger partial charge in [-0.1, -0.05) is 5.92 Å². The van der Waals surface area contributed by atoms with Crippen LogP contribution in [-0.4, -0.2) is 38.8 Å². The van der Waals surface area contributed by atoms with E-state index in [0.717, 1.165) is 0 Å². The number of aromatic amines is 1. The summed E-state index contributed by atoms with van der Waals surface area (Å²) in [5.41, 5.74) is 0.622. The fourth-order valence-corrected chi connectivity index (χ4v) is 0.830. The Morgan fingerprint density at radius 2 is 2.57 bits per heavy atom. The van der Waals surface area contributed by atoms with E-state index in [4.69, 9.17) is 16.8 Å². The molecule has 74 valence electrons. The smallest absolute Gasteiger partial charge is 0.261 e. The van der Waals surface area contributed by atoms with Gasteiger partial charge in [0.05, 0.1) is 0 Å². The van der Waals surface area contributed by atoms with Crippen molar-refractivity contribution in [3.05, 3.63) is 18.0 Å². The Balaban J connectivity index is 2.44. The van der Waals surface area contributed by atoms with Crippen molar-refractivity contribution in [2.75, 3.05) is 12.4 Å². The van der Waals surface area contributed by atoms with Gasteiger partial charge in [0.2, 0.25) is 0 Å². The van der Waals surface area contributed by atoms with Crippen LogP contribution in [0.3, 0.4) is 0 Å². The molecule has 1 heterocycles. The molecule has 5 nitrogen and oxygen atoms in total. The number of aromatic nitrogens is 2. The summed E-state index contributed by atoms with van der Waals surface area (Å²) in [4.78, 5) is 10.8.